The minimum Gasteiger partial charge on any atom is -0.370 e. The van der Waals surface area contributed by atoms with Crippen LogP contribution >= 0.6 is 0 Å². The summed E-state index contributed by atoms with van der Waals surface area (Å²) in [6.45, 7) is 2.30. The molecule has 3 rings (SSSR count). The number of piperidine rings is 1. The van der Waals surface area contributed by atoms with Crippen molar-refractivity contribution in [1.82, 2.24) is 10.2 Å². The lowest BCUT2D eigenvalue weighted by Gasteiger charge is -2.29. The van der Waals surface area contributed by atoms with Gasteiger partial charge in [-0.2, -0.15) is 10.2 Å². The molecule has 1 aliphatic rings. The van der Waals surface area contributed by atoms with Crippen molar-refractivity contribution in [3.8, 4) is 0 Å². The highest BCUT2D eigenvalue weighted by molar-refractivity contribution is 5.90. The first-order chi connectivity index (χ1) is 7.95. The summed E-state index contributed by atoms with van der Waals surface area (Å²) in [6.07, 6.45) is 5.83. The topological polar surface area (TPSA) is 29.0 Å². The second kappa shape index (κ2) is 4.08. The van der Waals surface area contributed by atoms with Gasteiger partial charge in [0.05, 0.1) is 17.4 Å². The largest absolute Gasteiger partial charge is 0.370 e. The maximum Gasteiger partial charge on any atom is 0.0950 e. The van der Waals surface area contributed by atoms with Gasteiger partial charge in [0, 0.05) is 18.5 Å². The van der Waals surface area contributed by atoms with Crippen molar-refractivity contribution in [3.05, 3.63) is 30.5 Å². The molecule has 0 atom stereocenters. The normalized spacial score (nSPS) is 16.6. The van der Waals surface area contributed by atoms with Crippen molar-refractivity contribution >= 4 is 16.6 Å². The zero-order valence-corrected chi connectivity index (χ0v) is 9.26. The molecule has 0 saturated carbocycles. The maximum absolute atomic E-state index is 4.16. The third-order valence-corrected chi connectivity index (χ3v) is 3.22. The Bertz CT molecular complexity index is 484. The fourth-order valence-corrected chi connectivity index (χ4v) is 2.38. The summed E-state index contributed by atoms with van der Waals surface area (Å²) >= 11 is 0. The van der Waals surface area contributed by atoms with Crippen molar-refractivity contribution in [2.75, 3.05) is 18.0 Å². The van der Waals surface area contributed by atoms with Gasteiger partial charge in [0.15, 0.2) is 0 Å². The molecule has 1 saturated heterocycles. The first-order valence-corrected chi connectivity index (χ1v) is 5.90. The summed E-state index contributed by atoms with van der Waals surface area (Å²) < 4.78 is 0. The van der Waals surface area contributed by atoms with E-state index in [9.17, 15) is 0 Å². The lowest BCUT2D eigenvalue weighted by Crippen LogP contribution is -2.29. The number of aromatic nitrogens is 2. The molecular weight excluding hydrogens is 198 g/mol. The molecular formula is C13H15N3. The molecule has 1 aromatic carbocycles. The Morgan fingerprint density at radius 3 is 2.69 bits per heavy atom. The average molecular weight is 213 g/mol. The summed E-state index contributed by atoms with van der Waals surface area (Å²) in [5.74, 6) is 0. The van der Waals surface area contributed by atoms with E-state index in [1.54, 1.807) is 0 Å². The zero-order valence-electron chi connectivity index (χ0n) is 9.26. The van der Waals surface area contributed by atoms with E-state index in [1.165, 1.54) is 30.3 Å². The highest BCUT2D eigenvalue weighted by Crippen LogP contribution is 2.26. The third kappa shape index (κ3) is 1.62. The summed E-state index contributed by atoms with van der Waals surface area (Å²) in [4.78, 5) is 2.43. The number of nitrogens with zero attached hydrogens (tertiary/aromatic N) is 3. The highest BCUT2D eigenvalue weighted by Gasteiger charge is 2.13. The summed E-state index contributed by atoms with van der Waals surface area (Å²) in [5.41, 5.74) is 2.23. The molecule has 0 bridgehead atoms. The molecule has 0 amide bonds. The fourth-order valence-electron chi connectivity index (χ4n) is 2.38. The van der Waals surface area contributed by atoms with Crippen LogP contribution in [-0.2, 0) is 0 Å². The van der Waals surface area contributed by atoms with E-state index in [0.717, 1.165) is 18.6 Å². The van der Waals surface area contributed by atoms with Crippen LogP contribution in [-0.4, -0.2) is 23.3 Å². The highest BCUT2D eigenvalue weighted by atomic mass is 15.2. The van der Waals surface area contributed by atoms with Crippen LogP contribution in [0.3, 0.4) is 0 Å². The maximum atomic E-state index is 4.16. The van der Waals surface area contributed by atoms with Gasteiger partial charge in [-0.15, -0.1) is 0 Å². The van der Waals surface area contributed by atoms with E-state index in [4.69, 9.17) is 0 Å². The van der Waals surface area contributed by atoms with E-state index in [-0.39, 0.29) is 0 Å². The molecule has 2 heterocycles. The molecule has 1 aromatic heterocycles. The monoisotopic (exact) mass is 213 g/mol. The number of hydrogen-bond donors (Lipinski definition) is 0. The lowest BCUT2D eigenvalue weighted by atomic mass is 10.1. The molecule has 3 nitrogen and oxygen atoms in total. The first-order valence-electron chi connectivity index (χ1n) is 5.90. The molecule has 1 fully saturated rings. The van der Waals surface area contributed by atoms with Gasteiger partial charge >= 0.3 is 0 Å². The molecule has 0 radical (unpaired) electrons. The Balaban J connectivity index is 2.08. The van der Waals surface area contributed by atoms with E-state index >= 15 is 0 Å². The van der Waals surface area contributed by atoms with Gasteiger partial charge in [-0.05, 0) is 25.3 Å². The molecule has 0 N–H and O–H groups in total. The second-order valence-electron chi connectivity index (χ2n) is 4.29. The Kier molecular flexibility index (Phi) is 2.44. The van der Waals surface area contributed by atoms with Crippen molar-refractivity contribution < 1.29 is 0 Å². The number of fused-ring (bicyclic) bond motifs is 1. The third-order valence-electron chi connectivity index (χ3n) is 3.22. The van der Waals surface area contributed by atoms with E-state index in [0.29, 0.717) is 0 Å². The molecule has 82 valence electrons. The van der Waals surface area contributed by atoms with Gasteiger partial charge in [-0.3, -0.25) is 0 Å². The number of benzene rings is 1. The van der Waals surface area contributed by atoms with Gasteiger partial charge < -0.3 is 4.90 Å². The van der Waals surface area contributed by atoms with Gasteiger partial charge in [0.25, 0.3) is 0 Å². The van der Waals surface area contributed by atoms with Crippen molar-refractivity contribution in [1.29, 1.82) is 0 Å². The van der Waals surface area contributed by atoms with Crippen molar-refractivity contribution in [2.24, 2.45) is 0 Å². The molecule has 0 aliphatic carbocycles. The van der Waals surface area contributed by atoms with Crippen LogP contribution in [0, 0.1) is 0 Å². The molecule has 16 heavy (non-hydrogen) atoms. The molecule has 0 unspecified atom stereocenters. The average Bonchev–Trinajstić information content (AvgIpc) is 2.39. The van der Waals surface area contributed by atoms with Crippen LogP contribution in [0.2, 0.25) is 0 Å². The zero-order chi connectivity index (χ0) is 10.8. The van der Waals surface area contributed by atoms with Gasteiger partial charge in [-0.25, -0.2) is 0 Å². The fraction of sp³-hybridized carbons (Fsp3) is 0.385. The lowest BCUT2D eigenvalue weighted by molar-refractivity contribution is 0.578. The van der Waals surface area contributed by atoms with Crippen LogP contribution in [0.1, 0.15) is 19.3 Å². The van der Waals surface area contributed by atoms with Crippen LogP contribution in [0.4, 0.5) is 5.69 Å². The van der Waals surface area contributed by atoms with Crippen LogP contribution in [0.5, 0.6) is 0 Å². The molecule has 0 spiro atoms. The smallest absolute Gasteiger partial charge is 0.0950 e. The number of hydrogen-bond acceptors (Lipinski definition) is 3. The van der Waals surface area contributed by atoms with Gasteiger partial charge in [0.1, 0.15) is 0 Å². The molecule has 2 aromatic rings. The second-order valence-corrected chi connectivity index (χ2v) is 4.29. The summed E-state index contributed by atoms with van der Waals surface area (Å²) in [6, 6.07) is 8.23. The Morgan fingerprint density at radius 2 is 1.81 bits per heavy atom. The van der Waals surface area contributed by atoms with Gasteiger partial charge in [-0.1, -0.05) is 18.2 Å². The Hall–Kier alpha value is -1.64. The standard InChI is InChI=1S/C13H15N3/c1-4-8-16(9-5-1)13-10-14-15-12-7-3-2-6-11(12)13/h2-3,6-7,10H,1,4-5,8-9H2. The molecule has 3 heteroatoms. The van der Waals surface area contributed by atoms with Crippen LogP contribution in [0.15, 0.2) is 30.5 Å². The van der Waals surface area contributed by atoms with Crippen molar-refractivity contribution in [3.63, 3.8) is 0 Å². The van der Waals surface area contributed by atoms with E-state index < -0.39 is 0 Å². The Labute approximate surface area is 95.1 Å². The quantitative estimate of drug-likeness (QED) is 0.729. The number of anilines is 1. The predicted octanol–water partition coefficient (Wildman–Crippen LogP) is 2.62. The summed E-state index contributed by atoms with van der Waals surface area (Å²) in [7, 11) is 0. The van der Waals surface area contributed by atoms with Crippen LogP contribution < -0.4 is 4.90 Å². The van der Waals surface area contributed by atoms with E-state index in [2.05, 4.69) is 27.2 Å². The Morgan fingerprint density at radius 1 is 1.00 bits per heavy atom. The SMILES string of the molecule is c1ccc2c(N3CCCCC3)cnnc2c1. The van der Waals surface area contributed by atoms with E-state index in [1.807, 2.05) is 18.3 Å². The molecule has 1 aliphatic heterocycles. The predicted molar refractivity (Wildman–Crippen MR) is 65.6 cm³/mol. The summed E-state index contributed by atoms with van der Waals surface area (Å²) in [5, 5.41) is 9.48. The first kappa shape index (κ1) is 9.58. The minimum absolute atomic E-state index is 0.991. The van der Waals surface area contributed by atoms with Crippen LogP contribution in [0.25, 0.3) is 10.9 Å². The number of rotatable bonds is 1. The minimum atomic E-state index is 0.991. The van der Waals surface area contributed by atoms with Crippen molar-refractivity contribution in [2.45, 2.75) is 19.3 Å². The van der Waals surface area contributed by atoms with Gasteiger partial charge in [0.2, 0.25) is 0 Å².